The zero-order valence-corrected chi connectivity index (χ0v) is 14.6. The summed E-state index contributed by atoms with van der Waals surface area (Å²) in [6.45, 7) is 4.51. The molecule has 0 fully saturated rings. The lowest BCUT2D eigenvalue weighted by molar-refractivity contribution is -0.122. The lowest BCUT2D eigenvalue weighted by Gasteiger charge is -2.31. The number of benzene rings is 1. The third kappa shape index (κ3) is 5.07. The number of rotatable bonds is 8. The van der Waals surface area contributed by atoms with Crippen LogP contribution in [0, 0.1) is 0 Å². The van der Waals surface area contributed by atoms with Gasteiger partial charge in [0, 0.05) is 6.54 Å². The number of ether oxygens (including phenoxy) is 2. The number of carbonyl (C=O) groups is 1. The fraction of sp³-hybridized carbons (Fsp3) is 0.562. The topological polar surface area (TPSA) is 73.6 Å². The van der Waals surface area contributed by atoms with Gasteiger partial charge in [-0.25, -0.2) is 0 Å². The first kappa shape index (κ1) is 20.5. The van der Waals surface area contributed by atoms with Crippen LogP contribution in [0.3, 0.4) is 0 Å². The van der Waals surface area contributed by atoms with Gasteiger partial charge in [-0.2, -0.15) is 0 Å². The molecule has 1 aromatic carbocycles. The van der Waals surface area contributed by atoms with E-state index in [1.54, 1.807) is 20.3 Å². The smallest absolute Gasteiger partial charge is 0.224 e. The third-order valence-electron chi connectivity index (χ3n) is 3.96. The van der Waals surface area contributed by atoms with E-state index in [-0.39, 0.29) is 23.9 Å². The van der Waals surface area contributed by atoms with Gasteiger partial charge in [-0.3, -0.25) is 4.79 Å². The Morgan fingerprint density at radius 2 is 1.77 bits per heavy atom. The van der Waals surface area contributed by atoms with E-state index >= 15 is 0 Å². The van der Waals surface area contributed by atoms with Gasteiger partial charge < -0.3 is 20.5 Å². The van der Waals surface area contributed by atoms with Gasteiger partial charge in [-0.15, -0.1) is 12.4 Å². The molecule has 1 amide bonds. The quantitative estimate of drug-likeness (QED) is 0.767. The van der Waals surface area contributed by atoms with Gasteiger partial charge in [0.05, 0.1) is 26.2 Å². The molecule has 0 aliphatic heterocycles. The summed E-state index contributed by atoms with van der Waals surface area (Å²) in [6, 6.07) is 5.49. The maximum absolute atomic E-state index is 12.2. The van der Waals surface area contributed by atoms with Crippen LogP contribution >= 0.6 is 12.4 Å². The Kier molecular flexibility index (Phi) is 8.90. The molecule has 0 atom stereocenters. The summed E-state index contributed by atoms with van der Waals surface area (Å²) in [5.41, 5.74) is 6.37. The molecule has 6 heteroatoms. The van der Waals surface area contributed by atoms with E-state index in [4.69, 9.17) is 15.2 Å². The molecular formula is C16H27ClN2O3. The summed E-state index contributed by atoms with van der Waals surface area (Å²) in [4.78, 5) is 12.2. The van der Waals surface area contributed by atoms with E-state index in [9.17, 15) is 4.79 Å². The zero-order valence-electron chi connectivity index (χ0n) is 13.8. The van der Waals surface area contributed by atoms with Crippen molar-refractivity contribution in [3.8, 4) is 11.5 Å². The molecule has 1 aromatic rings. The summed E-state index contributed by atoms with van der Waals surface area (Å²) in [7, 11) is 3.16. The number of hydrogen-bond acceptors (Lipinski definition) is 4. The van der Waals surface area contributed by atoms with Crippen molar-refractivity contribution in [2.75, 3.05) is 20.8 Å². The van der Waals surface area contributed by atoms with Crippen molar-refractivity contribution in [1.29, 1.82) is 0 Å². The van der Waals surface area contributed by atoms with Crippen LogP contribution in [0.5, 0.6) is 11.5 Å². The molecule has 0 heterocycles. The minimum absolute atomic E-state index is 0. The highest BCUT2D eigenvalue weighted by molar-refractivity contribution is 5.85. The number of nitrogens with one attached hydrogen (secondary N) is 1. The number of nitrogens with two attached hydrogens (primary N) is 1. The molecule has 3 N–H and O–H groups in total. The van der Waals surface area contributed by atoms with Gasteiger partial charge in [0.1, 0.15) is 0 Å². The SMILES string of the molecule is CCC(CC)(CN)NC(=O)Cc1ccc(OC)c(OC)c1.Cl. The van der Waals surface area contributed by atoms with Crippen LogP contribution in [-0.4, -0.2) is 32.2 Å². The van der Waals surface area contributed by atoms with E-state index in [2.05, 4.69) is 5.32 Å². The highest BCUT2D eigenvalue weighted by Gasteiger charge is 2.26. The van der Waals surface area contributed by atoms with E-state index in [0.29, 0.717) is 24.5 Å². The Balaban J connectivity index is 0.00000441. The first-order chi connectivity index (χ1) is 10.0. The summed E-state index contributed by atoms with van der Waals surface area (Å²) >= 11 is 0. The average Bonchev–Trinajstić information content (AvgIpc) is 2.52. The molecule has 0 aliphatic carbocycles. The van der Waals surface area contributed by atoms with Crippen molar-refractivity contribution in [3.63, 3.8) is 0 Å². The summed E-state index contributed by atoms with van der Waals surface area (Å²) < 4.78 is 10.4. The van der Waals surface area contributed by atoms with Gasteiger partial charge in [-0.1, -0.05) is 19.9 Å². The standard InChI is InChI=1S/C16H26N2O3.ClH/c1-5-16(6-2,11-17)18-15(19)10-12-7-8-13(20-3)14(9-12)21-4;/h7-9H,5-6,10-11,17H2,1-4H3,(H,18,19);1H. The van der Waals surface area contributed by atoms with Gasteiger partial charge in [0.25, 0.3) is 0 Å². The first-order valence-corrected chi connectivity index (χ1v) is 7.26. The largest absolute Gasteiger partial charge is 0.493 e. The molecule has 1 rings (SSSR count). The van der Waals surface area contributed by atoms with Crippen LogP contribution in [0.4, 0.5) is 0 Å². The highest BCUT2D eigenvalue weighted by Crippen LogP contribution is 2.27. The summed E-state index contributed by atoms with van der Waals surface area (Å²) in [5, 5.41) is 3.06. The molecule has 5 nitrogen and oxygen atoms in total. The Bertz CT molecular complexity index is 468. The normalized spacial score (nSPS) is 10.6. The Labute approximate surface area is 139 Å². The fourth-order valence-electron chi connectivity index (χ4n) is 2.28. The van der Waals surface area contributed by atoms with Crippen LogP contribution in [0.25, 0.3) is 0 Å². The van der Waals surface area contributed by atoms with Gasteiger partial charge in [0.15, 0.2) is 11.5 Å². The molecule has 22 heavy (non-hydrogen) atoms. The van der Waals surface area contributed by atoms with Gasteiger partial charge >= 0.3 is 0 Å². The zero-order chi connectivity index (χ0) is 15.9. The number of hydrogen-bond donors (Lipinski definition) is 2. The molecule has 0 aliphatic rings. The molecule has 0 bridgehead atoms. The Morgan fingerprint density at radius 1 is 1.18 bits per heavy atom. The lowest BCUT2D eigenvalue weighted by Crippen LogP contribution is -2.53. The van der Waals surface area contributed by atoms with Crippen molar-refractivity contribution in [3.05, 3.63) is 23.8 Å². The van der Waals surface area contributed by atoms with Crippen molar-refractivity contribution < 1.29 is 14.3 Å². The second kappa shape index (κ2) is 9.54. The Hall–Kier alpha value is -1.46. The van der Waals surface area contributed by atoms with Crippen molar-refractivity contribution >= 4 is 18.3 Å². The monoisotopic (exact) mass is 330 g/mol. The minimum atomic E-state index is -0.312. The molecule has 0 saturated heterocycles. The average molecular weight is 331 g/mol. The number of carbonyl (C=O) groups excluding carboxylic acids is 1. The van der Waals surface area contributed by atoms with Crippen LogP contribution in [-0.2, 0) is 11.2 Å². The molecular weight excluding hydrogens is 304 g/mol. The van der Waals surface area contributed by atoms with Crippen molar-refractivity contribution in [2.45, 2.75) is 38.6 Å². The number of halogens is 1. The predicted octanol–water partition coefficient (Wildman–Crippen LogP) is 2.30. The fourth-order valence-corrected chi connectivity index (χ4v) is 2.28. The van der Waals surface area contributed by atoms with Crippen molar-refractivity contribution in [2.24, 2.45) is 5.73 Å². The molecule has 0 spiro atoms. The van der Waals surface area contributed by atoms with E-state index in [1.165, 1.54) is 0 Å². The van der Waals surface area contributed by atoms with Gasteiger partial charge in [0.2, 0.25) is 5.91 Å². The number of methoxy groups -OCH3 is 2. The van der Waals surface area contributed by atoms with E-state index in [1.807, 2.05) is 26.0 Å². The molecule has 0 unspecified atom stereocenters. The summed E-state index contributed by atoms with van der Waals surface area (Å²) in [6.07, 6.45) is 1.93. The molecule has 0 saturated carbocycles. The molecule has 126 valence electrons. The number of amides is 1. The minimum Gasteiger partial charge on any atom is -0.493 e. The molecule has 0 aromatic heterocycles. The lowest BCUT2D eigenvalue weighted by atomic mass is 9.92. The predicted molar refractivity (Wildman–Crippen MR) is 91.0 cm³/mol. The third-order valence-corrected chi connectivity index (χ3v) is 3.96. The van der Waals surface area contributed by atoms with Crippen LogP contribution in [0.2, 0.25) is 0 Å². The van der Waals surface area contributed by atoms with E-state index < -0.39 is 0 Å². The van der Waals surface area contributed by atoms with Crippen LogP contribution < -0.4 is 20.5 Å². The van der Waals surface area contributed by atoms with Crippen LogP contribution in [0.1, 0.15) is 32.3 Å². The van der Waals surface area contributed by atoms with E-state index in [0.717, 1.165) is 18.4 Å². The summed E-state index contributed by atoms with van der Waals surface area (Å²) in [5.74, 6) is 1.25. The first-order valence-electron chi connectivity index (χ1n) is 7.26. The highest BCUT2D eigenvalue weighted by atomic mass is 35.5. The van der Waals surface area contributed by atoms with Crippen molar-refractivity contribution in [1.82, 2.24) is 5.32 Å². The Morgan fingerprint density at radius 3 is 2.23 bits per heavy atom. The second-order valence-electron chi connectivity index (χ2n) is 5.11. The molecule has 0 radical (unpaired) electrons. The van der Waals surface area contributed by atoms with Gasteiger partial charge in [-0.05, 0) is 30.5 Å². The van der Waals surface area contributed by atoms with Crippen LogP contribution in [0.15, 0.2) is 18.2 Å². The maximum Gasteiger partial charge on any atom is 0.224 e. The second-order valence-corrected chi connectivity index (χ2v) is 5.11. The maximum atomic E-state index is 12.2.